The molecule has 2 unspecified atom stereocenters. The summed E-state index contributed by atoms with van der Waals surface area (Å²) in [5.41, 5.74) is 10.8. The number of rotatable bonds is 8. The Labute approximate surface area is 232 Å². The van der Waals surface area contributed by atoms with Crippen LogP contribution in [0.2, 0.25) is 0 Å². The van der Waals surface area contributed by atoms with E-state index >= 15 is 0 Å². The standard InChI is InChI=1S/C29H32FN9O/c1-3-26(25-9-22(36-7-6-21(30)15-36)18-39-29(25)20(10-31)12-35-39)33-13-27(32)37-16-23-8-24(17-37)38(23)14-19-4-5-28(40-2)34-11-19/h3-5,9,11-13,18,21,23-24H,1,6-8,14-17,32H2,2H3/b27-13+,33-26+/t21-,23?,24?/m0/s1. The number of fused-ring (bicyclic) bond motifs is 3. The molecular weight excluding hydrogens is 509 g/mol. The van der Waals surface area contributed by atoms with Crippen LogP contribution in [0, 0.1) is 11.3 Å². The number of methoxy groups -OCH3 is 1. The highest BCUT2D eigenvalue weighted by atomic mass is 19.1. The van der Waals surface area contributed by atoms with E-state index < -0.39 is 6.17 Å². The van der Waals surface area contributed by atoms with E-state index in [0.29, 0.717) is 65.7 Å². The number of pyridine rings is 2. The second kappa shape index (κ2) is 10.6. The van der Waals surface area contributed by atoms with Crippen LogP contribution in [-0.4, -0.2) is 81.7 Å². The van der Waals surface area contributed by atoms with Gasteiger partial charge in [0.05, 0.1) is 48.2 Å². The van der Waals surface area contributed by atoms with Gasteiger partial charge >= 0.3 is 0 Å². The molecule has 3 atom stereocenters. The summed E-state index contributed by atoms with van der Waals surface area (Å²) < 4.78 is 20.8. The smallest absolute Gasteiger partial charge is 0.212 e. The number of piperidine rings is 1. The van der Waals surface area contributed by atoms with Crippen LogP contribution in [0.15, 0.2) is 66.5 Å². The number of anilines is 1. The normalized spacial score (nSPS) is 23.3. The van der Waals surface area contributed by atoms with E-state index in [9.17, 15) is 9.65 Å². The van der Waals surface area contributed by atoms with E-state index in [-0.39, 0.29) is 0 Å². The topological polar surface area (TPSA) is 111 Å². The number of aromatic nitrogens is 3. The fourth-order valence-electron chi connectivity index (χ4n) is 5.95. The molecule has 0 amide bonds. The molecule has 0 aromatic carbocycles. The molecule has 3 aromatic heterocycles. The zero-order valence-corrected chi connectivity index (χ0v) is 22.4. The molecule has 4 saturated heterocycles. The molecule has 10 nitrogen and oxygen atoms in total. The number of allylic oxidation sites excluding steroid dienone is 1. The van der Waals surface area contributed by atoms with Crippen molar-refractivity contribution in [1.82, 2.24) is 24.4 Å². The second-order valence-electron chi connectivity index (χ2n) is 10.5. The molecule has 2 bridgehead atoms. The van der Waals surface area contributed by atoms with Crippen molar-refractivity contribution in [2.45, 2.75) is 37.6 Å². The number of ether oxygens (including phenoxy) is 1. The lowest BCUT2D eigenvalue weighted by atomic mass is 9.87. The van der Waals surface area contributed by atoms with Gasteiger partial charge < -0.3 is 20.3 Å². The quantitative estimate of drug-likeness (QED) is 0.434. The zero-order valence-electron chi connectivity index (χ0n) is 22.4. The van der Waals surface area contributed by atoms with Gasteiger partial charge in [-0.05, 0) is 30.5 Å². The number of halogens is 1. The van der Waals surface area contributed by atoms with Crippen molar-refractivity contribution in [1.29, 1.82) is 5.26 Å². The number of piperazine rings is 1. The average molecular weight is 542 g/mol. The largest absolute Gasteiger partial charge is 0.481 e. The van der Waals surface area contributed by atoms with Crippen LogP contribution in [0.1, 0.15) is 29.5 Å². The highest BCUT2D eigenvalue weighted by Crippen LogP contribution is 2.35. The first-order chi connectivity index (χ1) is 19.5. The third-order valence-corrected chi connectivity index (χ3v) is 8.10. The van der Waals surface area contributed by atoms with Gasteiger partial charge in [0.1, 0.15) is 18.1 Å². The third kappa shape index (κ3) is 4.75. The first-order valence-corrected chi connectivity index (χ1v) is 13.4. The van der Waals surface area contributed by atoms with E-state index in [4.69, 9.17) is 15.5 Å². The maximum Gasteiger partial charge on any atom is 0.212 e. The van der Waals surface area contributed by atoms with E-state index in [1.807, 2.05) is 29.4 Å². The Morgan fingerprint density at radius 2 is 2.12 bits per heavy atom. The molecule has 40 heavy (non-hydrogen) atoms. The van der Waals surface area contributed by atoms with E-state index in [2.05, 4.69) is 38.6 Å². The van der Waals surface area contributed by atoms with Crippen LogP contribution in [-0.2, 0) is 6.54 Å². The molecule has 0 aliphatic carbocycles. The molecule has 4 aliphatic heterocycles. The van der Waals surface area contributed by atoms with Gasteiger partial charge in [-0.2, -0.15) is 10.4 Å². The van der Waals surface area contributed by atoms with Gasteiger partial charge in [-0.3, -0.25) is 9.89 Å². The summed E-state index contributed by atoms with van der Waals surface area (Å²) in [6.45, 7) is 7.41. The van der Waals surface area contributed by atoms with Gasteiger partial charge in [-0.15, -0.1) is 0 Å². The predicted octanol–water partition coefficient (Wildman–Crippen LogP) is 2.85. The average Bonchev–Trinajstić information content (AvgIpc) is 3.62. The molecule has 0 spiro atoms. The molecular formula is C29H32FN9O. The van der Waals surface area contributed by atoms with Gasteiger partial charge in [-0.1, -0.05) is 12.6 Å². The summed E-state index contributed by atoms with van der Waals surface area (Å²) in [6.07, 6.45) is 9.32. The fraction of sp³-hybridized carbons (Fsp3) is 0.379. The Kier molecular flexibility index (Phi) is 6.86. The Morgan fingerprint density at radius 1 is 1.30 bits per heavy atom. The predicted molar refractivity (Wildman–Crippen MR) is 151 cm³/mol. The molecule has 11 heteroatoms. The van der Waals surface area contributed by atoms with Crippen molar-refractivity contribution >= 4 is 16.9 Å². The van der Waals surface area contributed by atoms with E-state index in [1.54, 1.807) is 23.9 Å². The van der Waals surface area contributed by atoms with Gasteiger partial charge in [0.15, 0.2) is 0 Å². The number of hydrogen-bond donors (Lipinski definition) is 1. The Bertz CT molecular complexity index is 1510. The van der Waals surface area contributed by atoms with Crippen molar-refractivity contribution in [2.24, 2.45) is 10.7 Å². The van der Waals surface area contributed by atoms with Crippen LogP contribution in [0.5, 0.6) is 5.88 Å². The molecule has 3 aromatic rings. The number of alkyl halides is 1. The van der Waals surface area contributed by atoms with Crippen LogP contribution < -0.4 is 15.4 Å². The SMILES string of the molecule is C=C/C(=N\C=C(/N)N1CC2CC(C1)N2Cc1ccc(OC)nc1)c1cc(N2CC[C@H](F)C2)cn2ncc(C#N)c12. The molecule has 2 N–H and O–H groups in total. The monoisotopic (exact) mass is 541 g/mol. The maximum absolute atomic E-state index is 14.0. The highest BCUT2D eigenvalue weighted by molar-refractivity contribution is 6.14. The number of aliphatic imine (C=N–C) groups is 1. The molecule has 206 valence electrons. The van der Waals surface area contributed by atoms with Crippen LogP contribution in [0.4, 0.5) is 10.1 Å². The van der Waals surface area contributed by atoms with Crippen LogP contribution in [0.3, 0.4) is 0 Å². The summed E-state index contributed by atoms with van der Waals surface area (Å²) >= 11 is 0. The molecule has 0 radical (unpaired) electrons. The minimum Gasteiger partial charge on any atom is -0.481 e. The summed E-state index contributed by atoms with van der Waals surface area (Å²) in [5, 5.41) is 14.1. The first kappa shape index (κ1) is 25.8. The number of nitriles is 1. The molecule has 7 rings (SSSR count). The fourth-order valence-corrected chi connectivity index (χ4v) is 5.95. The van der Waals surface area contributed by atoms with Crippen molar-refractivity contribution in [2.75, 3.05) is 38.2 Å². The lowest BCUT2D eigenvalue weighted by molar-refractivity contribution is -0.0647. The van der Waals surface area contributed by atoms with Crippen LogP contribution >= 0.6 is 0 Å². The van der Waals surface area contributed by atoms with Crippen molar-refractivity contribution in [3.8, 4) is 11.9 Å². The second-order valence-corrected chi connectivity index (χ2v) is 10.5. The Hall–Kier alpha value is -4.43. The number of hydrogen-bond acceptors (Lipinski definition) is 9. The maximum atomic E-state index is 14.0. The lowest BCUT2D eigenvalue weighted by Crippen LogP contribution is -2.68. The zero-order chi connectivity index (χ0) is 27.8. The molecule has 0 saturated carbocycles. The van der Waals surface area contributed by atoms with Crippen molar-refractivity contribution in [3.63, 3.8) is 0 Å². The Balaban J connectivity index is 1.21. The molecule has 4 aliphatic rings. The van der Waals surface area contributed by atoms with Gasteiger partial charge in [0, 0.05) is 62.6 Å². The van der Waals surface area contributed by atoms with Crippen LogP contribution in [0.25, 0.3) is 5.52 Å². The lowest BCUT2D eigenvalue weighted by Gasteiger charge is -2.57. The summed E-state index contributed by atoms with van der Waals surface area (Å²) in [5.74, 6) is 1.20. The first-order valence-electron chi connectivity index (χ1n) is 13.4. The number of nitrogens with two attached hydrogens (primary N) is 1. The van der Waals surface area contributed by atoms with Gasteiger partial charge in [-0.25, -0.2) is 13.9 Å². The highest BCUT2D eigenvalue weighted by Gasteiger charge is 2.44. The summed E-state index contributed by atoms with van der Waals surface area (Å²) in [4.78, 5) is 15.7. The van der Waals surface area contributed by atoms with E-state index in [0.717, 1.165) is 37.3 Å². The molecule has 4 fully saturated rings. The third-order valence-electron chi connectivity index (χ3n) is 8.10. The minimum absolute atomic E-state index is 0.327. The summed E-state index contributed by atoms with van der Waals surface area (Å²) in [6, 6.07) is 8.92. The minimum atomic E-state index is -0.860. The van der Waals surface area contributed by atoms with Gasteiger partial charge in [0.25, 0.3) is 0 Å². The van der Waals surface area contributed by atoms with Crippen molar-refractivity contribution < 1.29 is 9.13 Å². The summed E-state index contributed by atoms with van der Waals surface area (Å²) in [7, 11) is 1.62. The molecule has 7 heterocycles. The van der Waals surface area contributed by atoms with E-state index in [1.165, 1.54) is 6.20 Å². The number of nitrogens with zero attached hydrogens (tertiary/aromatic N) is 8. The van der Waals surface area contributed by atoms with Crippen molar-refractivity contribution in [3.05, 3.63) is 78.2 Å². The Morgan fingerprint density at radius 3 is 2.77 bits per heavy atom. The van der Waals surface area contributed by atoms with Gasteiger partial charge in [0.2, 0.25) is 5.88 Å².